The number of nitrogens with zero attached hydrogens (tertiary/aromatic N) is 7. The van der Waals surface area contributed by atoms with Crippen molar-refractivity contribution in [2.45, 2.75) is 55.5 Å². The summed E-state index contributed by atoms with van der Waals surface area (Å²) in [6.45, 7) is -0.530. The minimum absolute atomic E-state index is 0.0331. The maximum Gasteiger partial charge on any atom is 0.472 e. The summed E-state index contributed by atoms with van der Waals surface area (Å²) in [5.74, 6) is -0.255. The lowest BCUT2D eigenvalue weighted by Crippen LogP contribution is -2.47. The van der Waals surface area contributed by atoms with E-state index in [-0.39, 0.29) is 34.1 Å². The largest absolute Gasteiger partial charge is 0.472 e. The van der Waals surface area contributed by atoms with Gasteiger partial charge < -0.3 is 40.9 Å². The molecule has 23 nitrogen and oxygen atoms in total. The third kappa shape index (κ3) is 5.19. The zero-order valence-corrected chi connectivity index (χ0v) is 25.1. The van der Waals surface area contributed by atoms with E-state index in [0.717, 1.165) is 24.1 Å². The lowest BCUT2D eigenvalue weighted by atomic mass is 9.95. The lowest BCUT2D eigenvalue weighted by molar-refractivity contribution is -0.0811. The Morgan fingerprint density at radius 1 is 0.957 bits per heavy atom. The molecule has 2 bridgehead atoms. The smallest absolute Gasteiger partial charge is 0.386 e. The van der Waals surface area contributed by atoms with E-state index < -0.39 is 83.0 Å². The van der Waals surface area contributed by atoms with Crippen molar-refractivity contribution in [1.82, 2.24) is 39.0 Å². The normalized spacial score (nSPS) is 38.8. The highest BCUT2D eigenvalue weighted by Gasteiger charge is 2.59. The predicted octanol–water partition coefficient (Wildman–Crippen LogP) is -1.95. The molecular formula is C21H26N10O13P2. The molecule has 3 saturated heterocycles. The fourth-order valence-electron chi connectivity index (χ4n) is 5.51. The molecule has 4 aromatic rings. The third-order valence-corrected chi connectivity index (χ3v) is 9.73. The molecule has 0 aromatic carbocycles. The van der Waals surface area contributed by atoms with Gasteiger partial charge in [-0.25, -0.2) is 29.1 Å². The fourth-order valence-corrected chi connectivity index (χ4v) is 7.47. The molecule has 25 heteroatoms. The second kappa shape index (κ2) is 10.8. The molecule has 0 amide bonds. The van der Waals surface area contributed by atoms with Crippen LogP contribution in [0, 0.1) is 0 Å². The Bertz CT molecular complexity index is 1980. The summed E-state index contributed by atoms with van der Waals surface area (Å²) in [5.41, 5.74) is 8.60. The van der Waals surface area contributed by atoms with E-state index in [1.807, 2.05) is 0 Å². The molecule has 9 N–H and O–H groups in total. The van der Waals surface area contributed by atoms with Crippen LogP contribution in [0.25, 0.3) is 22.3 Å². The summed E-state index contributed by atoms with van der Waals surface area (Å²) in [7, 11) is -10.3. The van der Waals surface area contributed by atoms with Crippen molar-refractivity contribution in [3.63, 3.8) is 0 Å². The predicted molar refractivity (Wildman–Crippen MR) is 148 cm³/mol. The number of aliphatic hydroxyl groups excluding tert-OH is 1. The van der Waals surface area contributed by atoms with Crippen molar-refractivity contribution in [3.05, 3.63) is 29.3 Å². The number of rotatable bonds is 2. The van der Waals surface area contributed by atoms with Gasteiger partial charge in [0.15, 0.2) is 35.1 Å². The van der Waals surface area contributed by atoms with Gasteiger partial charge in [-0.2, -0.15) is 4.98 Å². The number of hydrogen-bond donors (Lipinski definition) is 7. The molecule has 0 saturated carbocycles. The third-order valence-electron chi connectivity index (χ3n) is 7.78. The Balaban J connectivity index is 1.23. The highest BCUT2D eigenvalue weighted by atomic mass is 31.2. The monoisotopic (exact) mass is 688 g/mol. The summed E-state index contributed by atoms with van der Waals surface area (Å²) in [6.07, 6.45) is -7.60. The summed E-state index contributed by atoms with van der Waals surface area (Å²) >= 11 is 0. The van der Waals surface area contributed by atoms with Gasteiger partial charge in [0.2, 0.25) is 5.95 Å². The van der Waals surface area contributed by atoms with Crippen molar-refractivity contribution in [2.75, 3.05) is 24.7 Å². The molecule has 4 aromatic heterocycles. The molecule has 0 radical (unpaired) electrons. The summed E-state index contributed by atoms with van der Waals surface area (Å²) in [4.78, 5) is 56.1. The Kier molecular flexibility index (Phi) is 7.32. The van der Waals surface area contributed by atoms with Gasteiger partial charge in [0.1, 0.15) is 48.0 Å². The number of imidazole rings is 2. The molecule has 7 heterocycles. The molecule has 3 aliphatic heterocycles. The number of aliphatic hydroxyl groups is 2. The standard InChI is InChI=1S/C21H26N10O13P2/c1-21(34)8-3-40-45(35,36)43-12-7(41-18(11(12)32)30-5-26-9-14(22)24-4-25-15(9)30)2-39-46(37,38)44-13(21)19(42-8)31-6-27-10-16(31)28-20(23)29-17(10)33/h4-8,11-13,18-19,32,34H,2-3H2,1H3,(H,35,36)(H,37,38)(H2,22,24,25)(H3,23,28,29,33). The quantitative estimate of drug-likeness (QED) is 0.112. The number of nitrogens with two attached hydrogens (primary N) is 2. The van der Waals surface area contributed by atoms with Crippen molar-refractivity contribution in [2.24, 2.45) is 0 Å². The van der Waals surface area contributed by atoms with E-state index in [2.05, 4.69) is 29.9 Å². The molecule has 46 heavy (non-hydrogen) atoms. The van der Waals surface area contributed by atoms with Crippen LogP contribution in [0.3, 0.4) is 0 Å². The molecular weight excluding hydrogens is 662 g/mol. The number of phosphoric ester groups is 2. The molecule has 7 rings (SSSR count). The van der Waals surface area contributed by atoms with Crippen LogP contribution in [0.4, 0.5) is 11.8 Å². The number of fused-ring (bicyclic) bond motifs is 5. The Hall–Kier alpha value is -3.44. The van der Waals surface area contributed by atoms with E-state index >= 15 is 0 Å². The highest BCUT2D eigenvalue weighted by molar-refractivity contribution is 7.47. The summed E-state index contributed by atoms with van der Waals surface area (Å²) in [6, 6.07) is 0. The lowest BCUT2D eigenvalue weighted by Gasteiger charge is -2.30. The topological polar surface area (TPSA) is 330 Å². The van der Waals surface area contributed by atoms with Gasteiger partial charge in [0.25, 0.3) is 5.56 Å². The highest BCUT2D eigenvalue weighted by Crippen LogP contribution is 2.55. The minimum atomic E-state index is -5.16. The van der Waals surface area contributed by atoms with Gasteiger partial charge >= 0.3 is 15.6 Å². The average Bonchev–Trinajstić information content (AvgIpc) is 3.71. The van der Waals surface area contributed by atoms with Crippen LogP contribution in [-0.2, 0) is 36.7 Å². The van der Waals surface area contributed by atoms with Crippen LogP contribution in [0.2, 0.25) is 0 Å². The van der Waals surface area contributed by atoms with Crippen LogP contribution in [-0.4, -0.2) is 108 Å². The first kappa shape index (κ1) is 31.2. The molecule has 10 atom stereocenters. The van der Waals surface area contributed by atoms with E-state index in [1.165, 1.54) is 10.9 Å². The van der Waals surface area contributed by atoms with Gasteiger partial charge in [-0.05, 0) is 6.92 Å². The first-order valence-electron chi connectivity index (χ1n) is 13.3. The first-order valence-corrected chi connectivity index (χ1v) is 16.3. The average molecular weight is 688 g/mol. The minimum Gasteiger partial charge on any atom is -0.386 e. The second-order valence-electron chi connectivity index (χ2n) is 10.8. The Morgan fingerprint density at radius 2 is 1.63 bits per heavy atom. The van der Waals surface area contributed by atoms with Crippen LogP contribution < -0.4 is 17.0 Å². The Morgan fingerprint density at radius 3 is 2.39 bits per heavy atom. The summed E-state index contributed by atoms with van der Waals surface area (Å²) in [5, 5.41) is 22.6. The van der Waals surface area contributed by atoms with E-state index in [1.54, 1.807) is 0 Å². The van der Waals surface area contributed by atoms with Gasteiger partial charge in [0, 0.05) is 0 Å². The maximum absolute atomic E-state index is 13.3. The number of aromatic nitrogens is 8. The molecule has 0 aliphatic carbocycles. The van der Waals surface area contributed by atoms with Crippen molar-refractivity contribution >= 4 is 49.7 Å². The maximum atomic E-state index is 13.3. The number of H-pyrrole nitrogens is 1. The number of phosphoric acid groups is 2. The zero-order valence-electron chi connectivity index (χ0n) is 23.3. The molecule has 10 unspecified atom stereocenters. The van der Waals surface area contributed by atoms with Crippen LogP contribution in [0.1, 0.15) is 19.4 Å². The number of nitrogen functional groups attached to an aromatic ring is 2. The van der Waals surface area contributed by atoms with Crippen LogP contribution >= 0.6 is 15.6 Å². The van der Waals surface area contributed by atoms with Crippen molar-refractivity contribution < 1.29 is 56.7 Å². The van der Waals surface area contributed by atoms with E-state index in [4.69, 9.17) is 39.0 Å². The molecule has 3 aliphatic rings. The van der Waals surface area contributed by atoms with Crippen molar-refractivity contribution in [3.8, 4) is 0 Å². The van der Waals surface area contributed by atoms with Crippen LogP contribution in [0.15, 0.2) is 23.8 Å². The number of hydrogen-bond acceptors (Lipinski definition) is 18. The van der Waals surface area contributed by atoms with Gasteiger partial charge in [0.05, 0.1) is 25.9 Å². The molecule has 248 valence electrons. The second-order valence-corrected chi connectivity index (χ2v) is 13.6. The van der Waals surface area contributed by atoms with Crippen molar-refractivity contribution in [1.29, 1.82) is 0 Å². The zero-order chi connectivity index (χ0) is 32.8. The van der Waals surface area contributed by atoms with Gasteiger partial charge in [-0.1, -0.05) is 0 Å². The Labute approximate surface area is 255 Å². The number of aromatic amines is 1. The number of anilines is 2. The SMILES string of the molecule is CC1(O)C2COP(=O)(O)OC3C(COP(=O)(O)OC1C(n1cnc4c(=O)[nH]c(N)nc41)O2)OC(n1cnc2c(N)ncnc21)C3O. The van der Waals surface area contributed by atoms with Crippen LogP contribution in [0.5, 0.6) is 0 Å². The van der Waals surface area contributed by atoms with Gasteiger partial charge in [-0.15, -0.1) is 0 Å². The van der Waals surface area contributed by atoms with Gasteiger partial charge in [-0.3, -0.25) is 37.0 Å². The fraction of sp³-hybridized carbons (Fsp3) is 0.524. The molecule has 3 fully saturated rings. The number of ether oxygens (including phenoxy) is 2. The molecule has 0 spiro atoms. The van der Waals surface area contributed by atoms with E-state index in [9.17, 15) is 33.9 Å². The first-order chi connectivity index (χ1) is 21.6. The van der Waals surface area contributed by atoms with E-state index in [0.29, 0.717) is 0 Å². The summed E-state index contributed by atoms with van der Waals surface area (Å²) < 4.78 is 61.7. The number of nitrogens with one attached hydrogen (secondary N) is 1.